The number of rotatable bonds is 9. The van der Waals surface area contributed by atoms with E-state index in [1.54, 1.807) is 48.8 Å². The van der Waals surface area contributed by atoms with Crippen molar-refractivity contribution in [3.05, 3.63) is 59.9 Å². The molecule has 0 saturated carbocycles. The summed E-state index contributed by atoms with van der Waals surface area (Å²) in [6.07, 6.45) is 3.26. The lowest BCUT2D eigenvalue weighted by Gasteiger charge is -2.14. The minimum atomic E-state index is -3.65. The van der Waals surface area contributed by atoms with Crippen LogP contribution in [0.4, 0.5) is 0 Å². The third-order valence-electron chi connectivity index (χ3n) is 3.56. The van der Waals surface area contributed by atoms with E-state index in [2.05, 4.69) is 15.0 Å². The van der Waals surface area contributed by atoms with Crippen molar-refractivity contribution in [2.45, 2.75) is 32.2 Å². The molecule has 0 aliphatic rings. The summed E-state index contributed by atoms with van der Waals surface area (Å²) >= 11 is 0. The van der Waals surface area contributed by atoms with Gasteiger partial charge >= 0.3 is 0 Å². The molecule has 0 aliphatic carbocycles. The third-order valence-corrected chi connectivity index (χ3v) is 4.98. The van der Waals surface area contributed by atoms with E-state index in [0.717, 1.165) is 5.56 Å². The van der Waals surface area contributed by atoms with Gasteiger partial charge in [0, 0.05) is 18.9 Å². The molecule has 2 N–H and O–H groups in total. The van der Waals surface area contributed by atoms with Crippen LogP contribution < -0.4 is 14.8 Å². The fourth-order valence-electron chi connectivity index (χ4n) is 2.28. The van der Waals surface area contributed by atoms with Gasteiger partial charge < -0.3 is 10.1 Å². The number of carbonyl (C=O) groups is 1. The highest BCUT2D eigenvalue weighted by atomic mass is 32.2. The highest BCUT2D eigenvalue weighted by Gasteiger charge is 2.20. The summed E-state index contributed by atoms with van der Waals surface area (Å²) in [7, 11) is -3.65. The number of nitrogens with one attached hydrogen (secondary N) is 2. The number of nitrogens with zero attached hydrogens (tertiary/aromatic N) is 1. The molecule has 1 atom stereocenters. The molecule has 1 aromatic heterocycles. The van der Waals surface area contributed by atoms with E-state index in [1.807, 2.05) is 6.92 Å². The van der Waals surface area contributed by atoms with Crippen LogP contribution in [0, 0.1) is 0 Å². The largest absolute Gasteiger partial charge is 0.494 e. The second-order valence-corrected chi connectivity index (χ2v) is 7.50. The zero-order chi connectivity index (χ0) is 19.0. The Balaban J connectivity index is 1.87. The van der Waals surface area contributed by atoms with Gasteiger partial charge in [-0.2, -0.15) is 0 Å². The number of carbonyl (C=O) groups excluding carboxylic acids is 1. The van der Waals surface area contributed by atoms with Crippen LogP contribution >= 0.6 is 0 Å². The Labute approximate surface area is 153 Å². The van der Waals surface area contributed by atoms with Crippen LogP contribution in [0.1, 0.15) is 25.0 Å². The summed E-state index contributed by atoms with van der Waals surface area (Å²) in [6.45, 7) is 4.25. The Morgan fingerprint density at radius 2 is 1.77 bits per heavy atom. The fourth-order valence-corrected chi connectivity index (χ4v) is 3.64. The molecule has 0 radical (unpaired) electrons. The molecule has 0 saturated heterocycles. The number of benzene rings is 1. The number of pyridine rings is 1. The monoisotopic (exact) mass is 377 g/mol. The molecule has 0 aliphatic heterocycles. The molecule has 0 bridgehead atoms. The molecular formula is C18H23N3O4S. The van der Waals surface area contributed by atoms with Crippen molar-refractivity contribution in [1.29, 1.82) is 0 Å². The Bertz CT molecular complexity index is 808. The van der Waals surface area contributed by atoms with Gasteiger partial charge in [0.25, 0.3) is 0 Å². The first-order valence-corrected chi connectivity index (χ1v) is 9.93. The smallest absolute Gasteiger partial charge is 0.238 e. The zero-order valence-electron chi connectivity index (χ0n) is 14.8. The summed E-state index contributed by atoms with van der Waals surface area (Å²) in [5.41, 5.74) is 1.50. The van der Waals surface area contributed by atoms with Crippen LogP contribution in [-0.4, -0.2) is 32.0 Å². The minimum Gasteiger partial charge on any atom is -0.494 e. The Morgan fingerprint density at radius 1 is 1.12 bits per heavy atom. The van der Waals surface area contributed by atoms with Gasteiger partial charge in [-0.25, -0.2) is 13.1 Å². The molecule has 1 amide bonds. The Morgan fingerprint density at radius 3 is 2.38 bits per heavy atom. The second-order valence-electron chi connectivity index (χ2n) is 5.75. The maximum atomic E-state index is 12.3. The van der Waals surface area contributed by atoms with Crippen molar-refractivity contribution in [3.8, 4) is 5.75 Å². The van der Waals surface area contributed by atoms with Crippen molar-refractivity contribution >= 4 is 15.9 Å². The Kier molecular flexibility index (Phi) is 7.11. The summed E-state index contributed by atoms with van der Waals surface area (Å²) in [4.78, 5) is 16.0. The van der Waals surface area contributed by atoms with Gasteiger partial charge in [-0.1, -0.05) is 12.1 Å². The van der Waals surface area contributed by atoms with Crippen LogP contribution in [0.3, 0.4) is 0 Å². The van der Waals surface area contributed by atoms with Gasteiger partial charge in [-0.3, -0.25) is 9.78 Å². The van der Waals surface area contributed by atoms with Crippen molar-refractivity contribution in [2.75, 3.05) is 6.61 Å². The quantitative estimate of drug-likeness (QED) is 0.692. The van der Waals surface area contributed by atoms with E-state index >= 15 is 0 Å². The molecule has 2 rings (SSSR count). The topological polar surface area (TPSA) is 97.4 Å². The van der Waals surface area contributed by atoms with Gasteiger partial charge in [0.2, 0.25) is 15.9 Å². The first-order valence-electron chi connectivity index (χ1n) is 8.28. The van der Waals surface area contributed by atoms with Crippen molar-refractivity contribution in [2.24, 2.45) is 0 Å². The second kappa shape index (κ2) is 9.30. The average molecular weight is 377 g/mol. The van der Waals surface area contributed by atoms with Gasteiger partial charge in [0.1, 0.15) is 5.75 Å². The van der Waals surface area contributed by atoms with Gasteiger partial charge in [0.05, 0.1) is 18.4 Å². The molecule has 8 heteroatoms. The number of ether oxygens (including phenoxy) is 1. The molecule has 0 fully saturated rings. The van der Waals surface area contributed by atoms with Gasteiger partial charge in [-0.05, 0) is 49.2 Å². The summed E-state index contributed by atoms with van der Waals surface area (Å²) in [5.74, 6) is 0.0871. The highest BCUT2D eigenvalue weighted by molar-refractivity contribution is 7.88. The van der Waals surface area contributed by atoms with Gasteiger partial charge in [0.15, 0.2) is 0 Å². The molecule has 7 nitrogen and oxygen atoms in total. The van der Waals surface area contributed by atoms with Crippen LogP contribution in [0.15, 0.2) is 48.8 Å². The van der Waals surface area contributed by atoms with Crippen LogP contribution in [0.2, 0.25) is 0 Å². The summed E-state index contributed by atoms with van der Waals surface area (Å²) in [6, 6.07) is 9.52. The van der Waals surface area contributed by atoms with Crippen LogP contribution in [0.25, 0.3) is 0 Å². The van der Waals surface area contributed by atoms with E-state index in [0.29, 0.717) is 24.5 Å². The molecule has 26 heavy (non-hydrogen) atoms. The third kappa shape index (κ3) is 6.45. The number of aromatic nitrogens is 1. The summed E-state index contributed by atoms with van der Waals surface area (Å²) in [5, 5.41) is 2.70. The molecule has 1 unspecified atom stereocenters. The normalized spacial score (nSPS) is 12.4. The lowest BCUT2D eigenvalue weighted by molar-refractivity contribution is -0.122. The van der Waals surface area contributed by atoms with Crippen molar-refractivity contribution in [3.63, 3.8) is 0 Å². The first kappa shape index (κ1) is 19.9. The predicted octanol–water partition coefficient (Wildman–Crippen LogP) is 1.60. The number of hydrogen-bond donors (Lipinski definition) is 2. The molecule has 1 heterocycles. The maximum Gasteiger partial charge on any atom is 0.238 e. The van der Waals surface area contributed by atoms with Crippen LogP contribution in [-0.2, 0) is 27.1 Å². The molecule has 2 aromatic rings. The summed E-state index contributed by atoms with van der Waals surface area (Å²) < 4.78 is 32.3. The maximum absolute atomic E-state index is 12.3. The highest BCUT2D eigenvalue weighted by Crippen LogP contribution is 2.14. The van der Waals surface area contributed by atoms with Gasteiger partial charge in [-0.15, -0.1) is 0 Å². The van der Waals surface area contributed by atoms with E-state index in [1.165, 1.54) is 6.92 Å². The van der Waals surface area contributed by atoms with Crippen molar-refractivity contribution in [1.82, 2.24) is 15.0 Å². The molecular weight excluding hydrogens is 354 g/mol. The molecule has 0 spiro atoms. The van der Waals surface area contributed by atoms with E-state index in [9.17, 15) is 13.2 Å². The number of sulfonamides is 1. The van der Waals surface area contributed by atoms with E-state index in [4.69, 9.17) is 4.74 Å². The van der Waals surface area contributed by atoms with E-state index in [-0.39, 0.29) is 5.75 Å². The first-order chi connectivity index (χ1) is 12.4. The molecule has 140 valence electrons. The lowest BCUT2D eigenvalue weighted by Crippen LogP contribution is -2.44. The molecule has 1 aromatic carbocycles. The van der Waals surface area contributed by atoms with Crippen LogP contribution in [0.5, 0.6) is 5.75 Å². The van der Waals surface area contributed by atoms with Crippen molar-refractivity contribution < 1.29 is 17.9 Å². The fraction of sp³-hybridized carbons (Fsp3) is 0.333. The SMILES string of the molecule is CCOc1ccc(CS(=O)(=O)NC(C)C(=O)NCc2ccncc2)cc1. The predicted molar refractivity (Wildman–Crippen MR) is 98.9 cm³/mol. The average Bonchev–Trinajstić information content (AvgIpc) is 2.61. The van der Waals surface area contributed by atoms with E-state index < -0.39 is 22.0 Å². The standard InChI is InChI=1S/C18H23N3O4S/c1-3-25-17-6-4-16(5-7-17)13-26(23,24)21-14(2)18(22)20-12-15-8-10-19-11-9-15/h4-11,14,21H,3,12-13H2,1-2H3,(H,20,22). The minimum absolute atomic E-state index is 0.207. The Hall–Kier alpha value is -2.45. The number of amides is 1. The number of hydrogen-bond acceptors (Lipinski definition) is 5. The lowest BCUT2D eigenvalue weighted by atomic mass is 10.2. The zero-order valence-corrected chi connectivity index (χ0v) is 15.6.